The van der Waals surface area contributed by atoms with Crippen LogP contribution in [-0.4, -0.2) is 21.9 Å². The van der Waals surface area contributed by atoms with Gasteiger partial charge in [-0.3, -0.25) is 4.79 Å². The summed E-state index contributed by atoms with van der Waals surface area (Å²) in [5.41, 5.74) is 10.2. The van der Waals surface area contributed by atoms with E-state index in [1.165, 1.54) is 11.8 Å². The number of hydrogen-bond acceptors (Lipinski definition) is 6. The van der Waals surface area contributed by atoms with Gasteiger partial charge in [-0.25, -0.2) is 0 Å². The van der Waals surface area contributed by atoms with Crippen molar-refractivity contribution in [3.05, 3.63) is 71.1 Å². The molecule has 0 saturated carbocycles. The highest BCUT2D eigenvalue weighted by Gasteiger charge is 2.16. The van der Waals surface area contributed by atoms with Gasteiger partial charge in [0.15, 0.2) is 0 Å². The molecule has 6 nitrogen and oxygen atoms in total. The van der Waals surface area contributed by atoms with Gasteiger partial charge in [0.2, 0.25) is 11.8 Å². The molecule has 0 aliphatic carbocycles. The van der Waals surface area contributed by atoms with Gasteiger partial charge in [0.1, 0.15) is 0 Å². The van der Waals surface area contributed by atoms with Crippen molar-refractivity contribution in [3.8, 4) is 0 Å². The number of aromatic nitrogens is 2. The molecule has 3 N–H and O–H groups in total. The molecule has 1 amide bonds. The van der Waals surface area contributed by atoms with E-state index in [4.69, 9.17) is 10.2 Å². The smallest absolute Gasteiger partial charge is 0.277 e. The zero-order chi connectivity index (χ0) is 19.2. The van der Waals surface area contributed by atoms with Crippen LogP contribution in [0.3, 0.4) is 0 Å². The number of nitrogens with zero attached hydrogens (tertiary/aromatic N) is 2. The molecule has 1 aromatic heterocycles. The lowest BCUT2D eigenvalue weighted by atomic mass is 10.1. The van der Waals surface area contributed by atoms with Crippen LogP contribution in [0.15, 0.2) is 58.2 Å². The first-order valence-electron chi connectivity index (χ1n) is 8.64. The Labute approximate surface area is 162 Å². The van der Waals surface area contributed by atoms with Crippen molar-refractivity contribution in [3.63, 3.8) is 0 Å². The van der Waals surface area contributed by atoms with Gasteiger partial charge in [-0.1, -0.05) is 59.8 Å². The van der Waals surface area contributed by atoms with Crippen LogP contribution in [0.5, 0.6) is 0 Å². The van der Waals surface area contributed by atoms with E-state index < -0.39 is 0 Å². The summed E-state index contributed by atoms with van der Waals surface area (Å²) in [6.07, 6.45) is 0.611. The van der Waals surface area contributed by atoms with Crippen LogP contribution in [0.25, 0.3) is 0 Å². The summed E-state index contributed by atoms with van der Waals surface area (Å²) in [4.78, 5) is 12.2. The first kappa shape index (κ1) is 19.1. The third-order valence-corrected chi connectivity index (χ3v) is 4.84. The van der Waals surface area contributed by atoms with Crippen molar-refractivity contribution in [2.45, 2.75) is 31.5 Å². The highest BCUT2D eigenvalue weighted by molar-refractivity contribution is 7.99. The Bertz CT molecular complexity index is 911. The van der Waals surface area contributed by atoms with E-state index >= 15 is 0 Å². The summed E-state index contributed by atoms with van der Waals surface area (Å²) in [6.45, 7) is 3.98. The van der Waals surface area contributed by atoms with Crippen LogP contribution >= 0.6 is 11.8 Å². The van der Waals surface area contributed by atoms with E-state index in [2.05, 4.69) is 15.5 Å². The molecule has 0 aliphatic rings. The monoisotopic (exact) mass is 382 g/mol. The number of rotatable bonds is 7. The molecule has 0 fully saturated rings. The van der Waals surface area contributed by atoms with Crippen molar-refractivity contribution in [1.29, 1.82) is 0 Å². The standard InChI is InChI=1S/C20H22N4O2S/c1-13-8-9-17(14(2)10-13)22-18(25)12-27-20-24-23-19(26-20)16(21)11-15-6-4-3-5-7-15/h3-10,16H,11-12,21H2,1-2H3,(H,22,25). The van der Waals surface area contributed by atoms with Gasteiger partial charge in [-0.05, 0) is 37.5 Å². The molecule has 0 spiro atoms. The SMILES string of the molecule is Cc1ccc(NC(=O)CSc2nnc(C(N)Cc3ccccc3)o2)c(C)c1. The topological polar surface area (TPSA) is 94.0 Å². The highest BCUT2D eigenvalue weighted by atomic mass is 32.2. The Balaban J connectivity index is 1.52. The quantitative estimate of drug-likeness (QED) is 0.606. The van der Waals surface area contributed by atoms with Crippen molar-refractivity contribution in [2.24, 2.45) is 5.73 Å². The first-order chi connectivity index (χ1) is 13.0. The lowest BCUT2D eigenvalue weighted by molar-refractivity contribution is -0.113. The molecule has 0 bridgehead atoms. The molecular weight excluding hydrogens is 360 g/mol. The molecule has 140 valence electrons. The van der Waals surface area contributed by atoms with Crippen LogP contribution in [0.4, 0.5) is 5.69 Å². The second kappa shape index (κ2) is 8.83. The minimum atomic E-state index is -0.377. The maximum Gasteiger partial charge on any atom is 0.277 e. The summed E-state index contributed by atoms with van der Waals surface area (Å²) >= 11 is 1.19. The summed E-state index contributed by atoms with van der Waals surface area (Å²) < 4.78 is 5.59. The zero-order valence-electron chi connectivity index (χ0n) is 15.3. The Morgan fingerprint density at radius 1 is 1.19 bits per heavy atom. The molecule has 1 unspecified atom stereocenters. The average molecular weight is 382 g/mol. The third-order valence-electron chi connectivity index (χ3n) is 4.02. The van der Waals surface area contributed by atoms with Crippen molar-refractivity contribution in [2.75, 3.05) is 11.1 Å². The van der Waals surface area contributed by atoms with E-state index in [-0.39, 0.29) is 17.7 Å². The fourth-order valence-corrected chi connectivity index (χ4v) is 3.22. The predicted molar refractivity (Wildman–Crippen MR) is 107 cm³/mol. The van der Waals surface area contributed by atoms with Crippen LogP contribution in [0, 0.1) is 13.8 Å². The number of nitrogens with two attached hydrogens (primary N) is 1. The Morgan fingerprint density at radius 3 is 2.70 bits per heavy atom. The van der Waals surface area contributed by atoms with Crippen molar-refractivity contribution in [1.82, 2.24) is 10.2 Å². The van der Waals surface area contributed by atoms with E-state index in [1.807, 2.05) is 62.4 Å². The molecule has 0 radical (unpaired) electrons. The Kier molecular flexibility index (Phi) is 6.26. The van der Waals surface area contributed by atoms with Gasteiger partial charge in [0, 0.05) is 5.69 Å². The molecule has 3 aromatic rings. The van der Waals surface area contributed by atoms with Crippen LogP contribution in [0.2, 0.25) is 0 Å². The minimum absolute atomic E-state index is 0.125. The number of hydrogen-bond donors (Lipinski definition) is 2. The average Bonchev–Trinajstić information content (AvgIpc) is 3.12. The number of thioether (sulfide) groups is 1. The molecule has 1 heterocycles. The van der Waals surface area contributed by atoms with Crippen LogP contribution < -0.4 is 11.1 Å². The van der Waals surface area contributed by atoms with Gasteiger partial charge >= 0.3 is 0 Å². The number of anilines is 1. The molecule has 1 atom stereocenters. The fraction of sp³-hybridized carbons (Fsp3) is 0.250. The number of carbonyl (C=O) groups excluding carboxylic acids is 1. The molecule has 27 heavy (non-hydrogen) atoms. The largest absolute Gasteiger partial charge is 0.414 e. The number of amides is 1. The number of carbonyl (C=O) groups is 1. The normalized spacial score (nSPS) is 12.0. The molecule has 3 rings (SSSR count). The lowest BCUT2D eigenvalue weighted by Gasteiger charge is -2.08. The maximum absolute atomic E-state index is 12.2. The van der Waals surface area contributed by atoms with Crippen LogP contribution in [-0.2, 0) is 11.2 Å². The van der Waals surface area contributed by atoms with Crippen molar-refractivity contribution >= 4 is 23.4 Å². The van der Waals surface area contributed by atoms with Gasteiger partial charge in [0.25, 0.3) is 5.22 Å². The molecule has 7 heteroatoms. The van der Waals surface area contributed by atoms with E-state index in [0.717, 1.165) is 22.4 Å². The molecular formula is C20H22N4O2S. The van der Waals surface area contributed by atoms with Gasteiger partial charge in [-0.15, -0.1) is 10.2 Å². The summed E-state index contributed by atoms with van der Waals surface area (Å²) in [6, 6.07) is 15.4. The summed E-state index contributed by atoms with van der Waals surface area (Å²) in [5.74, 6) is 0.430. The molecule has 2 aromatic carbocycles. The number of nitrogens with one attached hydrogen (secondary N) is 1. The predicted octanol–water partition coefficient (Wildman–Crippen LogP) is 3.66. The van der Waals surface area contributed by atoms with E-state index in [9.17, 15) is 4.79 Å². The van der Waals surface area contributed by atoms with E-state index in [1.54, 1.807) is 0 Å². The number of aryl methyl sites for hydroxylation is 2. The van der Waals surface area contributed by atoms with Gasteiger partial charge < -0.3 is 15.5 Å². The highest BCUT2D eigenvalue weighted by Crippen LogP contribution is 2.22. The zero-order valence-corrected chi connectivity index (χ0v) is 16.1. The third kappa shape index (κ3) is 5.42. The van der Waals surface area contributed by atoms with Gasteiger partial charge in [-0.2, -0.15) is 0 Å². The Morgan fingerprint density at radius 2 is 1.96 bits per heavy atom. The summed E-state index contributed by atoms with van der Waals surface area (Å²) in [5, 5.41) is 11.2. The molecule has 0 aliphatic heterocycles. The fourth-order valence-electron chi connectivity index (χ4n) is 2.65. The minimum Gasteiger partial charge on any atom is -0.414 e. The first-order valence-corrected chi connectivity index (χ1v) is 9.62. The Hall–Kier alpha value is -2.64. The lowest BCUT2D eigenvalue weighted by Crippen LogP contribution is -2.14. The second-order valence-electron chi connectivity index (χ2n) is 6.36. The number of benzene rings is 2. The maximum atomic E-state index is 12.2. The van der Waals surface area contributed by atoms with Crippen molar-refractivity contribution < 1.29 is 9.21 Å². The molecule has 0 saturated heterocycles. The van der Waals surface area contributed by atoms with E-state index in [0.29, 0.717) is 17.5 Å². The second-order valence-corrected chi connectivity index (χ2v) is 7.28. The summed E-state index contributed by atoms with van der Waals surface area (Å²) in [7, 11) is 0. The van der Waals surface area contributed by atoms with Gasteiger partial charge in [0.05, 0.1) is 11.8 Å². The van der Waals surface area contributed by atoms with Crippen LogP contribution in [0.1, 0.15) is 28.6 Å².